The van der Waals surface area contributed by atoms with Crippen LogP contribution in [0.5, 0.6) is 0 Å². The summed E-state index contributed by atoms with van der Waals surface area (Å²) < 4.78 is 0. The number of halogens is 2. The quantitative estimate of drug-likeness (QED) is 0.226. The van der Waals surface area contributed by atoms with Gasteiger partial charge in [0.15, 0.2) is 11.6 Å². The summed E-state index contributed by atoms with van der Waals surface area (Å²) in [6.07, 6.45) is 0.164. The molecule has 152 valence electrons. The third-order valence-electron chi connectivity index (χ3n) is 4.77. The maximum atomic E-state index is 12.8. The van der Waals surface area contributed by atoms with E-state index >= 15 is 0 Å². The van der Waals surface area contributed by atoms with Crippen molar-refractivity contribution in [2.45, 2.75) is 18.8 Å². The Morgan fingerprint density at radius 3 is 1.50 bits per heavy atom. The van der Waals surface area contributed by atoms with Gasteiger partial charge in [-0.1, -0.05) is 35.3 Å². The van der Waals surface area contributed by atoms with E-state index in [0.29, 0.717) is 26.7 Å². The Morgan fingerprint density at radius 1 is 0.733 bits per heavy atom. The standard InChI is InChI=1S/C23H17Cl2NO4/c24-19-7-1-16(2-8-19)22(27)13-18(15-5-11-21(12-6-15)26(29)30)14-23(28)17-3-9-20(25)10-4-17/h1-12,18H,13-14H2. The van der Waals surface area contributed by atoms with E-state index < -0.39 is 10.8 Å². The van der Waals surface area contributed by atoms with Gasteiger partial charge in [0, 0.05) is 46.1 Å². The molecule has 3 rings (SSSR count). The lowest BCUT2D eigenvalue weighted by Crippen LogP contribution is -2.13. The molecule has 0 unspecified atom stereocenters. The molecule has 30 heavy (non-hydrogen) atoms. The van der Waals surface area contributed by atoms with E-state index in [4.69, 9.17) is 23.2 Å². The first-order valence-corrected chi connectivity index (χ1v) is 9.91. The minimum absolute atomic E-state index is 0.0504. The first kappa shape index (κ1) is 21.7. The second kappa shape index (κ2) is 9.65. The number of Topliss-reactive ketones (excluding diaryl/α,β-unsaturated/α-hetero) is 2. The van der Waals surface area contributed by atoms with Gasteiger partial charge in [0.1, 0.15) is 0 Å². The summed E-state index contributed by atoms with van der Waals surface area (Å²) >= 11 is 11.8. The highest BCUT2D eigenvalue weighted by atomic mass is 35.5. The average Bonchev–Trinajstić information content (AvgIpc) is 2.74. The van der Waals surface area contributed by atoms with Crippen molar-refractivity contribution in [2.24, 2.45) is 0 Å². The topological polar surface area (TPSA) is 77.3 Å². The molecule has 3 aromatic carbocycles. The van der Waals surface area contributed by atoms with Gasteiger partial charge in [-0.05, 0) is 60.0 Å². The highest BCUT2D eigenvalue weighted by Gasteiger charge is 2.22. The molecule has 0 aliphatic carbocycles. The highest BCUT2D eigenvalue weighted by molar-refractivity contribution is 6.31. The Balaban J connectivity index is 1.86. The Morgan fingerprint density at radius 2 is 1.13 bits per heavy atom. The van der Waals surface area contributed by atoms with Gasteiger partial charge in [-0.15, -0.1) is 0 Å². The molecule has 0 fully saturated rings. The third kappa shape index (κ3) is 5.53. The molecule has 0 saturated carbocycles. The lowest BCUT2D eigenvalue weighted by molar-refractivity contribution is -0.384. The van der Waals surface area contributed by atoms with Crippen molar-refractivity contribution in [2.75, 3.05) is 0 Å². The Labute approximate surface area is 183 Å². The van der Waals surface area contributed by atoms with Crippen molar-refractivity contribution in [3.05, 3.63) is 110 Å². The minimum Gasteiger partial charge on any atom is -0.294 e. The maximum absolute atomic E-state index is 12.8. The summed E-state index contributed by atoms with van der Waals surface area (Å²) in [7, 11) is 0. The summed E-state index contributed by atoms with van der Waals surface area (Å²) in [5.41, 5.74) is 1.62. The minimum atomic E-state index is -0.490. The predicted octanol–water partition coefficient (Wildman–Crippen LogP) is 6.53. The summed E-state index contributed by atoms with van der Waals surface area (Å²) in [4.78, 5) is 36.0. The molecule has 0 saturated heterocycles. The molecule has 5 nitrogen and oxygen atoms in total. The maximum Gasteiger partial charge on any atom is 0.269 e. The van der Waals surface area contributed by atoms with E-state index in [1.807, 2.05) is 0 Å². The number of nitro benzene ring substituents is 1. The Kier molecular flexibility index (Phi) is 6.98. The fourth-order valence-electron chi connectivity index (χ4n) is 3.13. The molecule has 0 N–H and O–H groups in total. The fourth-order valence-corrected chi connectivity index (χ4v) is 3.38. The number of ketones is 2. The van der Waals surface area contributed by atoms with Crippen LogP contribution in [0.25, 0.3) is 0 Å². The van der Waals surface area contributed by atoms with Gasteiger partial charge in [0.25, 0.3) is 5.69 Å². The molecule has 0 bridgehead atoms. The molecule has 3 aromatic rings. The number of benzene rings is 3. The van der Waals surface area contributed by atoms with Crippen LogP contribution in [0, 0.1) is 10.1 Å². The molecule has 0 aliphatic rings. The molecule has 0 atom stereocenters. The number of nitrogens with zero attached hydrogens (tertiary/aromatic N) is 1. The van der Waals surface area contributed by atoms with E-state index in [2.05, 4.69) is 0 Å². The van der Waals surface area contributed by atoms with Crippen LogP contribution < -0.4 is 0 Å². The van der Waals surface area contributed by atoms with E-state index in [1.54, 1.807) is 60.7 Å². The largest absolute Gasteiger partial charge is 0.294 e. The van der Waals surface area contributed by atoms with Crippen molar-refractivity contribution in [1.82, 2.24) is 0 Å². The molecule has 0 spiro atoms. The molecular formula is C23H17Cl2NO4. The molecule has 0 radical (unpaired) electrons. The summed E-state index contributed by atoms with van der Waals surface area (Å²) in [5.74, 6) is -0.713. The van der Waals surface area contributed by atoms with E-state index in [-0.39, 0.29) is 30.1 Å². The smallest absolute Gasteiger partial charge is 0.269 e. The predicted molar refractivity (Wildman–Crippen MR) is 117 cm³/mol. The molecule has 0 heterocycles. The van der Waals surface area contributed by atoms with Crippen molar-refractivity contribution in [3.63, 3.8) is 0 Å². The van der Waals surface area contributed by atoms with Gasteiger partial charge in [-0.2, -0.15) is 0 Å². The van der Waals surface area contributed by atoms with E-state index in [9.17, 15) is 19.7 Å². The fraction of sp³-hybridized carbons (Fsp3) is 0.130. The van der Waals surface area contributed by atoms with Crippen LogP contribution in [0.15, 0.2) is 72.8 Å². The third-order valence-corrected chi connectivity index (χ3v) is 5.28. The number of hydrogen-bond donors (Lipinski definition) is 0. The van der Waals surface area contributed by atoms with Gasteiger partial charge in [-0.3, -0.25) is 19.7 Å². The van der Waals surface area contributed by atoms with Gasteiger partial charge >= 0.3 is 0 Å². The van der Waals surface area contributed by atoms with Crippen LogP contribution in [-0.2, 0) is 0 Å². The van der Waals surface area contributed by atoms with Crippen LogP contribution in [0.4, 0.5) is 5.69 Å². The number of rotatable bonds is 8. The number of carbonyl (C=O) groups excluding carboxylic acids is 2. The van der Waals surface area contributed by atoms with Gasteiger partial charge < -0.3 is 0 Å². The highest BCUT2D eigenvalue weighted by Crippen LogP contribution is 2.29. The van der Waals surface area contributed by atoms with Crippen molar-refractivity contribution >= 4 is 40.5 Å². The van der Waals surface area contributed by atoms with Crippen molar-refractivity contribution < 1.29 is 14.5 Å². The lowest BCUT2D eigenvalue weighted by atomic mass is 9.86. The normalized spacial score (nSPS) is 10.8. The number of nitro groups is 1. The van der Waals surface area contributed by atoms with Crippen LogP contribution in [-0.4, -0.2) is 16.5 Å². The van der Waals surface area contributed by atoms with Gasteiger partial charge in [0.2, 0.25) is 0 Å². The Bertz CT molecular complexity index is 1000. The molecule has 0 amide bonds. The SMILES string of the molecule is O=C(CC(CC(=O)c1ccc(Cl)cc1)c1ccc([N+](=O)[O-])cc1)c1ccc(Cl)cc1. The monoisotopic (exact) mass is 441 g/mol. The second-order valence-corrected chi connectivity index (χ2v) is 7.69. The molecule has 0 aliphatic heterocycles. The number of hydrogen-bond acceptors (Lipinski definition) is 4. The Hall–Kier alpha value is -3.02. The zero-order valence-electron chi connectivity index (χ0n) is 15.8. The van der Waals surface area contributed by atoms with Crippen molar-refractivity contribution in [3.8, 4) is 0 Å². The van der Waals surface area contributed by atoms with E-state index in [1.165, 1.54) is 12.1 Å². The molecule has 0 aromatic heterocycles. The summed E-state index contributed by atoms with van der Waals surface area (Å²) in [5, 5.41) is 12.0. The number of non-ortho nitro benzene ring substituents is 1. The van der Waals surface area contributed by atoms with Crippen LogP contribution >= 0.6 is 23.2 Å². The first-order valence-electron chi connectivity index (χ1n) is 9.15. The van der Waals surface area contributed by atoms with Crippen LogP contribution in [0.1, 0.15) is 45.0 Å². The summed E-state index contributed by atoms with van der Waals surface area (Å²) in [6, 6.07) is 19.0. The zero-order chi connectivity index (χ0) is 21.7. The zero-order valence-corrected chi connectivity index (χ0v) is 17.3. The van der Waals surface area contributed by atoms with Crippen LogP contribution in [0.3, 0.4) is 0 Å². The van der Waals surface area contributed by atoms with Crippen LogP contribution in [0.2, 0.25) is 10.0 Å². The lowest BCUT2D eigenvalue weighted by Gasteiger charge is -2.16. The van der Waals surface area contributed by atoms with E-state index in [0.717, 1.165) is 0 Å². The average molecular weight is 442 g/mol. The molecular weight excluding hydrogens is 425 g/mol. The number of carbonyl (C=O) groups is 2. The first-order chi connectivity index (χ1) is 14.3. The van der Waals surface area contributed by atoms with Gasteiger partial charge in [0.05, 0.1) is 4.92 Å². The van der Waals surface area contributed by atoms with Crippen molar-refractivity contribution in [1.29, 1.82) is 0 Å². The summed E-state index contributed by atoms with van der Waals surface area (Å²) in [6.45, 7) is 0. The molecule has 7 heteroatoms. The second-order valence-electron chi connectivity index (χ2n) is 6.81. The van der Waals surface area contributed by atoms with Gasteiger partial charge in [-0.25, -0.2) is 0 Å².